The van der Waals surface area contributed by atoms with Gasteiger partial charge >= 0.3 is 0 Å². The molecule has 1 amide bonds. The minimum absolute atomic E-state index is 0.0624. The summed E-state index contributed by atoms with van der Waals surface area (Å²) in [7, 11) is 1.58. The molecule has 0 aliphatic rings. The number of hydrogen-bond donors (Lipinski definition) is 2. The Balaban J connectivity index is 2.55. The van der Waals surface area contributed by atoms with E-state index >= 15 is 0 Å². The van der Waals surface area contributed by atoms with Crippen LogP contribution in [0, 0.1) is 0 Å². The minimum Gasteiger partial charge on any atom is -0.483 e. The number of carbonyl (C=O) groups is 1. The molecule has 0 heterocycles. The van der Waals surface area contributed by atoms with Gasteiger partial charge in [-0.2, -0.15) is 0 Å². The lowest BCUT2D eigenvalue weighted by Gasteiger charge is -2.16. The number of amides is 1. The van der Waals surface area contributed by atoms with Gasteiger partial charge in [-0.1, -0.05) is 25.1 Å². The summed E-state index contributed by atoms with van der Waals surface area (Å²) in [5.74, 6) is 0.326. The molecule has 1 unspecified atom stereocenters. The first kappa shape index (κ1) is 16.5. The molecule has 5 nitrogen and oxygen atoms in total. The third-order valence-corrected chi connectivity index (χ3v) is 2.85. The molecule has 5 heteroatoms. The number of ether oxygens (including phenoxy) is 2. The SMILES string of the molecule is CC[C@H](O)c1ccccc1OCC(=O)NC(C)COC. The second kappa shape index (κ2) is 8.55. The summed E-state index contributed by atoms with van der Waals surface area (Å²) >= 11 is 0. The molecule has 0 saturated carbocycles. The molecule has 1 rings (SSSR count). The summed E-state index contributed by atoms with van der Waals surface area (Å²) in [6, 6.07) is 7.14. The largest absolute Gasteiger partial charge is 0.483 e. The van der Waals surface area contributed by atoms with Crippen molar-refractivity contribution in [3.05, 3.63) is 29.8 Å². The van der Waals surface area contributed by atoms with Crippen molar-refractivity contribution in [3.8, 4) is 5.75 Å². The van der Waals surface area contributed by atoms with Crippen molar-refractivity contribution < 1.29 is 19.4 Å². The highest BCUT2D eigenvalue weighted by atomic mass is 16.5. The van der Waals surface area contributed by atoms with E-state index in [1.165, 1.54) is 0 Å². The molecule has 0 bridgehead atoms. The maximum atomic E-state index is 11.7. The Labute approximate surface area is 119 Å². The number of aliphatic hydroxyl groups excluding tert-OH is 1. The Kier molecular flexibility index (Phi) is 7.04. The third kappa shape index (κ3) is 5.19. The molecule has 2 atom stereocenters. The van der Waals surface area contributed by atoms with E-state index in [-0.39, 0.29) is 18.6 Å². The van der Waals surface area contributed by atoms with Crippen LogP contribution < -0.4 is 10.1 Å². The predicted octanol–water partition coefficient (Wildman–Crippen LogP) is 1.66. The minimum atomic E-state index is -0.582. The van der Waals surface area contributed by atoms with Crippen molar-refractivity contribution in [2.75, 3.05) is 20.3 Å². The lowest BCUT2D eigenvalue weighted by molar-refractivity contribution is -0.124. The predicted molar refractivity (Wildman–Crippen MR) is 76.7 cm³/mol. The molecule has 112 valence electrons. The molecule has 1 aromatic rings. The highest BCUT2D eigenvalue weighted by Gasteiger charge is 2.13. The molecule has 0 fully saturated rings. The second-order valence-corrected chi connectivity index (χ2v) is 4.67. The molecular formula is C15H23NO4. The van der Waals surface area contributed by atoms with Crippen LogP contribution in [0.5, 0.6) is 5.75 Å². The summed E-state index contributed by atoms with van der Waals surface area (Å²) in [4.78, 5) is 11.7. The Morgan fingerprint density at radius 1 is 1.40 bits per heavy atom. The van der Waals surface area contributed by atoms with E-state index in [1.54, 1.807) is 19.2 Å². The topological polar surface area (TPSA) is 67.8 Å². The summed E-state index contributed by atoms with van der Waals surface area (Å²) in [5.41, 5.74) is 0.702. The van der Waals surface area contributed by atoms with Gasteiger partial charge in [-0.05, 0) is 19.4 Å². The highest BCUT2D eigenvalue weighted by Crippen LogP contribution is 2.26. The fourth-order valence-electron chi connectivity index (χ4n) is 1.86. The van der Waals surface area contributed by atoms with E-state index in [9.17, 15) is 9.90 Å². The molecule has 0 aliphatic heterocycles. The maximum Gasteiger partial charge on any atom is 0.258 e. The number of methoxy groups -OCH3 is 1. The van der Waals surface area contributed by atoms with Gasteiger partial charge < -0.3 is 19.9 Å². The van der Waals surface area contributed by atoms with Crippen LogP contribution in [0.2, 0.25) is 0 Å². The van der Waals surface area contributed by atoms with Gasteiger partial charge in [-0.3, -0.25) is 4.79 Å². The van der Waals surface area contributed by atoms with Crippen LogP contribution in [-0.4, -0.2) is 37.4 Å². The fraction of sp³-hybridized carbons (Fsp3) is 0.533. The van der Waals surface area contributed by atoms with Crippen molar-refractivity contribution >= 4 is 5.91 Å². The van der Waals surface area contributed by atoms with Crippen molar-refractivity contribution in [2.45, 2.75) is 32.4 Å². The molecule has 1 aromatic carbocycles. The zero-order chi connectivity index (χ0) is 15.0. The van der Waals surface area contributed by atoms with Gasteiger partial charge in [0.25, 0.3) is 5.91 Å². The third-order valence-electron chi connectivity index (χ3n) is 2.85. The standard InChI is InChI=1S/C15H23NO4/c1-4-13(17)12-7-5-6-8-14(12)20-10-15(18)16-11(2)9-19-3/h5-8,11,13,17H,4,9-10H2,1-3H3,(H,16,18)/t11?,13-/m0/s1. The summed E-state index contributed by atoms with van der Waals surface area (Å²) in [6.07, 6.45) is 0.0129. The van der Waals surface area contributed by atoms with Crippen molar-refractivity contribution in [2.24, 2.45) is 0 Å². The van der Waals surface area contributed by atoms with E-state index in [1.807, 2.05) is 26.0 Å². The van der Waals surface area contributed by atoms with E-state index in [0.717, 1.165) is 0 Å². The molecule has 2 N–H and O–H groups in total. The number of para-hydroxylation sites is 1. The Morgan fingerprint density at radius 2 is 2.10 bits per heavy atom. The Hall–Kier alpha value is -1.59. The van der Waals surface area contributed by atoms with Crippen LogP contribution in [-0.2, 0) is 9.53 Å². The van der Waals surface area contributed by atoms with Gasteiger partial charge in [-0.15, -0.1) is 0 Å². The zero-order valence-corrected chi connectivity index (χ0v) is 12.3. The molecule has 0 radical (unpaired) electrons. The quantitative estimate of drug-likeness (QED) is 0.760. The smallest absolute Gasteiger partial charge is 0.258 e. The van der Waals surface area contributed by atoms with E-state index in [0.29, 0.717) is 24.3 Å². The van der Waals surface area contributed by atoms with Crippen LogP contribution in [0.4, 0.5) is 0 Å². The Morgan fingerprint density at radius 3 is 2.75 bits per heavy atom. The first-order valence-corrected chi connectivity index (χ1v) is 6.76. The molecule has 0 saturated heterocycles. The summed E-state index contributed by atoms with van der Waals surface area (Å²) in [5, 5.41) is 12.7. The van der Waals surface area contributed by atoms with Crippen LogP contribution >= 0.6 is 0 Å². The van der Waals surface area contributed by atoms with E-state index in [2.05, 4.69) is 5.32 Å². The summed E-state index contributed by atoms with van der Waals surface area (Å²) in [6.45, 7) is 4.12. The van der Waals surface area contributed by atoms with Crippen LogP contribution in [0.15, 0.2) is 24.3 Å². The number of benzene rings is 1. The normalized spacial score (nSPS) is 13.6. The van der Waals surface area contributed by atoms with Gasteiger partial charge in [0.1, 0.15) is 5.75 Å². The number of nitrogens with one attached hydrogen (secondary N) is 1. The number of rotatable bonds is 8. The van der Waals surface area contributed by atoms with Crippen molar-refractivity contribution in [3.63, 3.8) is 0 Å². The van der Waals surface area contributed by atoms with Crippen molar-refractivity contribution in [1.82, 2.24) is 5.32 Å². The molecule has 0 aromatic heterocycles. The maximum absolute atomic E-state index is 11.7. The average molecular weight is 281 g/mol. The van der Waals surface area contributed by atoms with Gasteiger partial charge in [0.2, 0.25) is 0 Å². The monoisotopic (exact) mass is 281 g/mol. The summed E-state index contributed by atoms with van der Waals surface area (Å²) < 4.78 is 10.4. The molecule has 0 aliphatic carbocycles. The number of aliphatic hydroxyl groups is 1. The lowest BCUT2D eigenvalue weighted by atomic mass is 10.1. The number of carbonyl (C=O) groups excluding carboxylic acids is 1. The fourth-order valence-corrected chi connectivity index (χ4v) is 1.86. The van der Waals surface area contributed by atoms with Crippen LogP contribution in [0.25, 0.3) is 0 Å². The average Bonchev–Trinajstić information content (AvgIpc) is 2.44. The van der Waals surface area contributed by atoms with Gasteiger partial charge in [0, 0.05) is 18.7 Å². The first-order chi connectivity index (χ1) is 9.58. The Bertz CT molecular complexity index is 422. The number of hydrogen-bond acceptors (Lipinski definition) is 4. The molecule has 0 spiro atoms. The molecular weight excluding hydrogens is 258 g/mol. The molecule has 20 heavy (non-hydrogen) atoms. The first-order valence-electron chi connectivity index (χ1n) is 6.76. The zero-order valence-electron chi connectivity index (χ0n) is 12.3. The van der Waals surface area contributed by atoms with E-state index < -0.39 is 6.10 Å². The van der Waals surface area contributed by atoms with Gasteiger partial charge in [0.05, 0.1) is 12.7 Å². The van der Waals surface area contributed by atoms with Crippen LogP contribution in [0.1, 0.15) is 31.9 Å². The van der Waals surface area contributed by atoms with Crippen molar-refractivity contribution in [1.29, 1.82) is 0 Å². The van der Waals surface area contributed by atoms with Gasteiger partial charge in [0.15, 0.2) is 6.61 Å². The van der Waals surface area contributed by atoms with Crippen LogP contribution in [0.3, 0.4) is 0 Å². The lowest BCUT2D eigenvalue weighted by Crippen LogP contribution is -2.38. The second-order valence-electron chi connectivity index (χ2n) is 4.67. The van der Waals surface area contributed by atoms with Gasteiger partial charge in [-0.25, -0.2) is 0 Å². The highest BCUT2D eigenvalue weighted by molar-refractivity contribution is 5.77. The van der Waals surface area contributed by atoms with E-state index in [4.69, 9.17) is 9.47 Å².